The van der Waals surface area contributed by atoms with Gasteiger partial charge in [0.2, 0.25) is 17.6 Å². The quantitative estimate of drug-likeness (QED) is 0.618. The molecule has 1 atom stereocenters. The standard InChI is InChI=1S/C26H32N4O6/c1-34-21-15-18(16-22(35-2)24(21)36-3)26(33)30-10-9-27-25(32)20(30)17-23(31)29-13-11-28(12-14-29)19-7-5-4-6-8-19/h4-8,15-16,20H,9-14,17H2,1-3H3,(H,27,32). The van der Waals surface area contributed by atoms with E-state index in [2.05, 4.69) is 22.3 Å². The predicted molar refractivity (Wildman–Crippen MR) is 134 cm³/mol. The Morgan fingerprint density at radius 1 is 0.917 bits per heavy atom. The molecule has 1 N–H and O–H groups in total. The second-order valence-corrected chi connectivity index (χ2v) is 8.63. The number of carbonyl (C=O) groups is 3. The maximum absolute atomic E-state index is 13.5. The summed E-state index contributed by atoms with van der Waals surface area (Å²) in [5.41, 5.74) is 1.41. The number of carbonyl (C=O) groups excluding carboxylic acids is 3. The van der Waals surface area contributed by atoms with Crippen molar-refractivity contribution in [3.05, 3.63) is 48.0 Å². The van der Waals surface area contributed by atoms with Gasteiger partial charge in [0.25, 0.3) is 5.91 Å². The van der Waals surface area contributed by atoms with E-state index in [1.165, 1.54) is 26.2 Å². The molecule has 2 aromatic rings. The number of hydrogen-bond donors (Lipinski definition) is 1. The monoisotopic (exact) mass is 496 g/mol. The van der Waals surface area contributed by atoms with Crippen molar-refractivity contribution in [3.8, 4) is 17.2 Å². The second-order valence-electron chi connectivity index (χ2n) is 8.63. The highest BCUT2D eigenvalue weighted by Gasteiger charge is 2.37. The predicted octanol–water partition coefficient (Wildman–Crippen LogP) is 1.39. The molecule has 2 aromatic carbocycles. The fraction of sp³-hybridized carbons (Fsp3) is 0.423. The number of nitrogens with zero attached hydrogens (tertiary/aromatic N) is 3. The van der Waals surface area contributed by atoms with Crippen LogP contribution in [0.1, 0.15) is 16.8 Å². The van der Waals surface area contributed by atoms with Crippen molar-refractivity contribution < 1.29 is 28.6 Å². The SMILES string of the molecule is COc1cc(C(=O)N2CCNC(=O)C2CC(=O)N2CCN(c3ccccc3)CC2)cc(OC)c1OC. The first-order chi connectivity index (χ1) is 17.5. The van der Waals surface area contributed by atoms with E-state index in [-0.39, 0.29) is 29.7 Å². The van der Waals surface area contributed by atoms with Crippen LogP contribution in [0.2, 0.25) is 0 Å². The number of hydrogen-bond acceptors (Lipinski definition) is 7. The van der Waals surface area contributed by atoms with Gasteiger partial charge in [-0.1, -0.05) is 18.2 Å². The minimum absolute atomic E-state index is 0.0761. The van der Waals surface area contributed by atoms with Gasteiger partial charge in [-0.15, -0.1) is 0 Å². The summed E-state index contributed by atoms with van der Waals surface area (Å²) < 4.78 is 16.1. The first kappa shape index (κ1) is 25.2. The minimum Gasteiger partial charge on any atom is -0.493 e. The number of para-hydroxylation sites is 1. The first-order valence-corrected chi connectivity index (χ1v) is 11.9. The van der Waals surface area contributed by atoms with E-state index in [0.29, 0.717) is 56.5 Å². The zero-order valence-electron chi connectivity index (χ0n) is 20.9. The molecule has 2 aliphatic heterocycles. The number of piperazine rings is 2. The topological polar surface area (TPSA) is 101 Å². The molecule has 2 fully saturated rings. The Kier molecular flexibility index (Phi) is 7.82. The third-order valence-corrected chi connectivity index (χ3v) is 6.63. The number of benzene rings is 2. The Hall–Kier alpha value is -3.95. The first-order valence-electron chi connectivity index (χ1n) is 11.9. The molecule has 4 rings (SSSR count). The zero-order valence-corrected chi connectivity index (χ0v) is 20.9. The summed E-state index contributed by atoms with van der Waals surface area (Å²) in [7, 11) is 4.43. The van der Waals surface area contributed by atoms with E-state index in [9.17, 15) is 14.4 Å². The zero-order chi connectivity index (χ0) is 25.7. The average Bonchev–Trinajstić information content (AvgIpc) is 2.93. The number of nitrogens with one attached hydrogen (secondary N) is 1. The van der Waals surface area contributed by atoms with Crippen LogP contribution in [0.4, 0.5) is 5.69 Å². The lowest BCUT2D eigenvalue weighted by molar-refractivity contribution is -0.138. The molecule has 192 valence electrons. The Balaban J connectivity index is 1.47. The van der Waals surface area contributed by atoms with E-state index in [1.807, 2.05) is 18.2 Å². The molecular weight excluding hydrogens is 464 g/mol. The fourth-order valence-electron chi connectivity index (χ4n) is 4.68. The van der Waals surface area contributed by atoms with E-state index in [1.54, 1.807) is 17.0 Å². The number of ether oxygens (including phenoxy) is 3. The number of amides is 3. The van der Waals surface area contributed by atoms with Crippen molar-refractivity contribution in [2.24, 2.45) is 0 Å². The molecule has 1 unspecified atom stereocenters. The van der Waals surface area contributed by atoms with Crippen LogP contribution in [0.3, 0.4) is 0 Å². The number of anilines is 1. The lowest BCUT2D eigenvalue weighted by atomic mass is 10.0. The summed E-state index contributed by atoms with van der Waals surface area (Å²) in [6.45, 7) is 3.14. The maximum atomic E-state index is 13.5. The Labute approximate surface area is 210 Å². The second kappa shape index (κ2) is 11.2. The minimum atomic E-state index is -0.898. The molecule has 2 aliphatic rings. The molecule has 10 heteroatoms. The van der Waals surface area contributed by atoms with Crippen molar-refractivity contribution in [2.75, 3.05) is 65.5 Å². The van der Waals surface area contributed by atoms with Crippen molar-refractivity contribution in [1.82, 2.24) is 15.1 Å². The van der Waals surface area contributed by atoms with E-state index in [0.717, 1.165) is 5.69 Å². The molecule has 0 aromatic heterocycles. The Morgan fingerprint density at radius 3 is 2.14 bits per heavy atom. The van der Waals surface area contributed by atoms with Crippen LogP contribution < -0.4 is 24.4 Å². The number of rotatable bonds is 7. The van der Waals surface area contributed by atoms with Crippen LogP contribution in [0.15, 0.2) is 42.5 Å². The highest BCUT2D eigenvalue weighted by Crippen LogP contribution is 2.38. The van der Waals surface area contributed by atoms with Crippen molar-refractivity contribution in [2.45, 2.75) is 12.5 Å². The van der Waals surface area contributed by atoms with Crippen molar-refractivity contribution in [1.29, 1.82) is 0 Å². The molecule has 0 radical (unpaired) electrons. The van der Waals surface area contributed by atoms with E-state index in [4.69, 9.17) is 14.2 Å². The van der Waals surface area contributed by atoms with Crippen LogP contribution in [-0.4, -0.2) is 94.2 Å². The summed E-state index contributed by atoms with van der Waals surface area (Å²) in [5.74, 6) is 0.187. The molecule has 0 aliphatic carbocycles. The third kappa shape index (κ3) is 5.17. The molecule has 36 heavy (non-hydrogen) atoms. The van der Waals surface area contributed by atoms with Gasteiger partial charge in [-0.3, -0.25) is 14.4 Å². The van der Waals surface area contributed by atoms with Gasteiger partial charge in [0.15, 0.2) is 11.5 Å². The molecule has 3 amide bonds. The molecule has 0 bridgehead atoms. The summed E-state index contributed by atoms with van der Waals surface area (Å²) in [5, 5.41) is 2.79. The average molecular weight is 497 g/mol. The van der Waals surface area contributed by atoms with Gasteiger partial charge in [-0.05, 0) is 24.3 Å². The third-order valence-electron chi connectivity index (χ3n) is 6.63. The van der Waals surface area contributed by atoms with E-state index < -0.39 is 6.04 Å². The molecule has 10 nitrogen and oxygen atoms in total. The molecular formula is C26H32N4O6. The normalized spacial score (nSPS) is 17.9. The van der Waals surface area contributed by atoms with Gasteiger partial charge in [0.05, 0.1) is 27.8 Å². The number of methoxy groups -OCH3 is 3. The van der Waals surface area contributed by atoms with Gasteiger partial charge in [-0.25, -0.2) is 0 Å². The van der Waals surface area contributed by atoms with Gasteiger partial charge in [0, 0.05) is 50.5 Å². The van der Waals surface area contributed by atoms with Crippen LogP contribution in [-0.2, 0) is 9.59 Å². The highest BCUT2D eigenvalue weighted by atomic mass is 16.5. The van der Waals surface area contributed by atoms with Crippen LogP contribution in [0, 0.1) is 0 Å². The highest BCUT2D eigenvalue weighted by molar-refractivity contribution is 6.00. The van der Waals surface area contributed by atoms with Crippen LogP contribution in [0.5, 0.6) is 17.2 Å². The Morgan fingerprint density at radius 2 is 1.56 bits per heavy atom. The molecule has 0 spiro atoms. The largest absolute Gasteiger partial charge is 0.493 e. The van der Waals surface area contributed by atoms with Gasteiger partial charge in [0.1, 0.15) is 6.04 Å². The van der Waals surface area contributed by atoms with E-state index >= 15 is 0 Å². The van der Waals surface area contributed by atoms with Crippen molar-refractivity contribution in [3.63, 3.8) is 0 Å². The molecule has 0 saturated carbocycles. The van der Waals surface area contributed by atoms with Gasteiger partial charge in [-0.2, -0.15) is 0 Å². The fourth-order valence-corrected chi connectivity index (χ4v) is 4.68. The van der Waals surface area contributed by atoms with Crippen LogP contribution >= 0.6 is 0 Å². The summed E-state index contributed by atoms with van der Waals surface area (Å²) in [6, 6.07) is 12.3. The summed E-state index contributed by atoms with van der Waals surface area (Å²) in [4.78, 5) is 44.9. The van der Waals surface area contributed by atoms with Crippen LogP contribution in [0.25, 0.3) is 0 Å². The van der Waals surface area contributed by atoms with Gasteiger partial charge < -0.3 is 34.2 Å². The Bertz CT molecular complexity index is 1080. The summed E-state index contributed by atoms with van der Waals surface area (Å²) >= 11 is 0. The smallest absolute Gasteiger partial charge is 0.254 e. The lowest BCUT2D eigenvalue weighted by Crippen LogP contribution is -2.59. The van der Waals surface area contributed by atoms with Gasteiger partial charge >= 0.3 is 0 Å². The molecule has 2 heterocycles. The molecule has 2 saturated heterocycles. The maximum Gasteiger partial charge on any atom is 0.254 e. The lowest BCUT2D eigenvalue weighted by Gasteiger charge is -2.39. The van der Waals surface area contributed by atoms with Crippen molar-refractivity contribution >= 4 is 23.4 Å². The summed E-state index contributed by atoms with van der Waals surface area (Å²) in [6.07, 6.45) is -0.0761.